The Morgan fingerprint density at radius 2 is 1.04 bits per heavy atom. The molecule has 0 radical (unpaired) electrons. The molecule has 0 saturated carbocycles. The number of ether oxygens (including phenoxy) is 2. The third kappa shape index (κ3) is 7.44. The molecule has 0 aliphatic carbocycles. The number of benzene rings is 2. The van der Waals surface area contributed by atoms with E-state index in [1.54, 1.807) is 48.5 Å². The van der Waals surface area contributed by atoms with Crippen molar-refractivity contribution in [3.05, 3.63) is 70.8 Å². The molecule has 0 atom stereocenters. The third-order valence-electron chi connectivity index (χ3n) is 3.46. The molecular formula is C21H23BrO6. The van der Waals surface area contributed by atoms with Gasteiger partial charge in [-0.25, -0.2) is 9.59 Å². The molecule has 0 bridgehead atoms. The molecule has 2 aromatic rings. The molecule has 0 heterocycles. The molecule has 6 nitrogen and oxygen atoms in total. The number of hydrogen-bond acceptors (Lipinski definition) is 6. The minimum atomic E-state index is -0.400. The van der Waals surface area contributed by atoms with E-state index in [4.69, 9.17) is 0 Å². The van der Waals surface area contributed by atoms with E-state index < -0.39 is 11.9 Å². The van der Waals surface area contributed by atoms with Gasteiger partial charge in [0, 0.05) is 11.1 Å². The van der Waals surface area contributed by atoms with E-state index >= 15 is 0 Å². The summed E-state index contributed by atoms with van der Waals surface area (Å²) in [7, 11) is 2.64. The van der Waals surface area contributed by atoms with Crippen molar-refractivity contribution in [3.8, 4) is 0 Å². The van der Waals surface area contributed by atoms with Crippen LogP contribution < -0.4 is 0 Å². The van der Waals surface area contributed by atoms with E-state index in [1.807, 2.05) is 0 Å². The Labute approximate surface area is 173 Å². The maximum Gasteiger partial charge on any atom is 0.337 e. The number of halogens is 1. The van der Waals surface area contributed by atoms with E-state index in [0.29, 0.717) is 22.3 Å². The largest absolute Gasteiger partial charge is 0.465 e. The van der Waals surface area contributed by atoms with Crippen LogP contribution in [0.3, 0.4) is 0 Å². The van der Waals surface area contributed by atoms with Crippen LogP contribution in [-0.4, -0.2) is 43.1 Å². The number of methoxy groups -OCH3 is 2. The number of esters is 2. The zero-order valence-electron chi connectivity index (χ0n) is 15.2. The Kier molecular flexibility index (Phi) is 11.3. The molecule has 0 unspecified atom stereocenters. The van der Waals surface area contributed by atoms with Crippen LogP contribution in [0.2, 0.25) is 0 Å². The van der Waals surface area contributed by atoms with Gasteiger partial charge in [-0.05, 0) is 31.2 Å². The van der Waals surface area contributed by atoms with Gasteiger partial charge in [-0.1, -0.05) is 47.6 Å². The summed E-state index contributed by atoms with van der Waals surface area (Å²) in [6.45, 7) is 1.48. The lowest BCUT2D eigenvalue weighted by molar-refractivity contribution is 0.0592. The highest BCUT2D eigenvalue weighted by Gasteiger charge is 2.07. The number of hydrogen-bond donors (Lipinski definition) is 0. The lowest BCUT2D eigenvalue weighted by Gasteiger charge is -2.00. The normalized spacial score (nSPS) is 9.14. The predicted octanol–water partition coefficient (Wildman–Crippen LogP) is 4.36. The van der Waals surface area contributed by atoms with Gasteiger partial charge in [-0.2, -0.15) is 0 Å². The first-order valence-corrected chi connectivity index (χ1v) is 8.93. The maximum atomic E-state index is 11.2. The van der Waals surface area contributed by atoms with Gasteiger partial charge < -0.3 is 9.47 Å². The molecule has 0 fully saturated rings. The molecule has 0 amide bonds. The Morgan fingerprint density at radius 1 is 0.714 bits per heavy atom. The molecule has 0 aliphatic heterocycles. The van der Waals surface area contributed by atoms with Crippen molar-refractivity contribution in [1.82, 2.24) is 0 Å². The average molecular weight is 451 g/mol. The highest BCUT2D eigenvalue weighted by Crippen LogP contribution is 2.08. The smallest absolute Gasteiger partial charge is 0.337 e. The lowest BCUT2D eigenvalue weighted by atomic mass is 10.1. The van der Waals surface area contributed by atoms with Gasteiger partial charge >= 0.3 is 11.9 Å². The van der Waals surface area contributed by atoms with Crippen molar-refractivity contribution < 1.29 is 28.7 Å². The molecule has 7 heteroatoms. The van der Waals surface area contributed by atoms with Gasteiger partial charge in [0.15, 0.2) is 11.6 Å². The summed E-state index contributed by atoms with van der Waals surface area (Å²) in [5.74, 6) is -0.823. The number of carbonyl (C=O) groups is 4. The van der Waals surface area contributed by atoms with E-state index in [2.05, 4.69) is 25.4 Å². The Bertz CT molecular complexity index is 775. The van der Waals surface area contributed by atoms with E-state index in [9.17, 15) is 19.2 Å². The highest BCUT2D eigenvalue weighted by molar-refractivity contribution is 9.09. The summed E-state index contributed by atoms with van der Waals surface area (Å²) in [6, 6.07) is 12.7. The van der Waals surface area contributed by atoms with Gasteiger partial charge in [0.05, 0.1) is 30.7 Å². The second-order valence-electron chi connectivity index (χ2n) is 5.25. The first kappa shape index (κ1) is 25.2. The Morgan fingerprint density at radius 3 is 1.32 bits per heavy atom. The van der Waals surface area contributed by atoms with Crippen LogP contribution >= 0.6 is 15.9 Å². The van der Waals surface area contributed by atoms with E-state index in [1.165, 1.54) is 21.1 Å². The number of rotatable bonds is 5. The SMILES string of the molecule is C.COC(=O)c1ccc(C(=O)CBr)cc1.COC(=O)c1ccc(C(C)=O)cc1. The number of carbonyl (C=O) groups excluding carboxylic acids is 4. The minimum Gasteiger partial charge on any atom is -0.465 e. The lowest BCUT2D eigenvalue weighted by Crippen LogP contribution is -2.03. The highest BCUT2D eigenvalue weighted by atomic mass is 79.9. The molecule has 0 spiro atoms. The summed E-state index contributed by atoms with van der Waals surface area (Å²) < 4.78 is 9.04. The van der Waals surface area contributed by atoms with Gasteiger partial charge in [0.25, 0.3) is 0 Å². The van der Waals surface area contributed by atoms with Crippen LogP contribution in [0.4, 0.5) is 0 Å². The summed E-state index contributed by atoms with van der Waals surface area (Å²) >= 11 is 3.07. The van der Waals surface area contributed by atoms with Crippen LogP contribution in [0.5, 0.6) is 0 Å². The summed E-state index contributed by atoms with van der Waals surface area (Å²) in [5, 5.41) is 0.282. The third-order valence-corrected chi connectivity index (χ3v) is 3.97. The fourth-order valence-corrected chi connectivity index (χ4v) is 2.27. The monoisotopic (exact) mass is 450 g/mol. The van der Waals surface area contributed by atoms with Crippen molar-refractivity contribution in [1.29, 1.82) is 0 Å². The van der Waals surface area contributed by atoms with Crippen LogP contribution in [0, 0.1) is 0 Å². The van der Waals surface area contributed by atoms with Crippen molar-refractivity contribution in [3.63, 3.8) is 0 Å². The van der Waals surface area contributed by atoms with Crippen LogP contribution in [0.15, 0.2) is 48.5 Å². The Balaban J connectivity index is 0.000000504. The summed E-state index contributed by atoms with van der Waals surface area (Å²) in [5.41, 5.74) is 2.06. The first-order valence-electron chi connectivity index (χ1n) is 7.80. The van der Waals surface area contributed by atoms with E-state index in [-0.39, 0.29) is 24.3 Å². The van der Waals surface area contributed by atoms with Crippen LogP contribution in [0.25, 0.3) is 0 Å². The van der Waals surface area contributed by atoms with Gasteiger partial charge in [0.2, 0.25) is 0 Å². The fraction of sp³-hybridized carbons (Fsp3) is 0.238. The quantitative estimate of drug-likeness (QED) is 0.382. The fourth-order valence-electron chi connectivity index (χ4n) is 1.95. The van der Waals surface area contributed by atoms with Gasteiger partial charge in [-0.3, -0.25) is 9.59 Å². The zero-order valence-corrected chi connectivity index (χ0v) is 16.7. The average Bonchev–Trinajstić information content (AvgIpc) is 2.72. The summed E-state index contributed by atoms with van der Waals surface area (Å²) in [4.78, 5) is 44.1. The number of Topliss-reactive ketones (excluding diaryl/α,β-unsaturated/α-hetero) is 2. The van der Waals surface area contributed by atoms with Crippen molar-refractivity contribution in [2.24, 2.45) is 0 Å². The predicted molar refractivity (Wildman–Crippen MR) is 110 cm³/mol. The molecule has 2 rings (SSSR count). The number of ketones is 2. The molecule has 0 aliphatic rings. The zero-order chi connectivity index (χ0) is 20.4. The first-order chi connectivity index (χ1) is 12.8. The molecule has 0 N–H and O–H groups in total. The van der Waals surface area contributed by atoms with Crippen LogP contribution in [0.1, 0.15) is 55.8 Å². The second-order valence-corrected chi connectivity index (χ2v) is 5.81. The summed E-state index contributed by atoms with van der Waals surface area (Å²) in [6.07, 6.45) is 0. The van der Waals surface area contributed by atoms with Crippen molar-refractivity contribution >= 4 is 39.4 Å². The molecule has 2 aromatic carbocycles. The van der Waals surface area contributed by atoms with Gasteiger partial charge in [-0.15, -0.1) is 0 Å². The van der Waals surface area contributed by atoms with Gasteiger partial charge in [0.1, 0.15) is 0 Å². The minimum absolute atomic E-state index is 0. The van der Waals surface area contributed by atoms with Crippen molar-refractivity contribution in [2.75, 3.05) is 19.5 Å². The second kappa shape index (κ2) is 12.6. The standard InChI is InChI=1S/C10H9BrO3.C10H10O3.CH4/c1-14-10(13)8-4-2-7(3-5-8)9(12)6-11;1-7(11)8-3-5-9(6-4-8)10(12)13-2;/h2-5H,6H2,1H3;3-6H,1-2H3;1H4. The molecular weight excluding hydrogens is 428 g/mol. The number of alkyl halides is 1. The van der Waals surface area contributed by atoms with Crippen molar-refractivity contribution in [2.45, 2.75) is 14.4 Å². The maximum absolute atomic E-state index is 11.2. The molecule has 0 aromatic heterocycles. The van der Waals surface area contributed by atoms with E-state index in [0.717, 1.165) is 0 Å². The Hall–Kier alpha value is -2.80. The van der Waals surface area contributed by atoms with Crippen LogP contribution in [-0.2, 0) is 9.47 Å². The molecule has 28 heavy (non-hydrogen) atoms. The molecule has 0 saturated heterocycles. The topological polar surface area (TPSA) is 86.7 Å². The molecule has 150 valence electrons.